The molecule has 0 radical (unpaired) electrons. The van der Waals surface area contributed by atoms with Gasteiger partial charge in [0.1, 0.15) is 11.9 Å². The Kier molecular flexibility index (Phi) is 1.77. The number of ether oxygens (including phenoxy) is 1. The number of benzene rings is 1. The fourth-order valence-electron chi connectivity index (χ4n) is 1.65. The van der Waals surface area contributed by atoms with Gasteiger partial charge in [0.05, 0.1) is 6.61 Å². The maximum absolute atomic E-state index is 9.03. The Labute approximate surface area is 71.8 Å². The minimum atomic E-state index is 0.110. The highest BCUT2D eigenvalue weighted by Crippen LogP contribution is 2.31. The fraction of sp³-hybridized carbons (Fsp3) is 0.400. The Morgan fingerprint density at radius 2 is 2.42 bits per heavy atom. The van der Waals surface area contributed by atoms with Crippen LogP contribution in [0.15, 0.2) is 18.2 Å². The van der Waals surface area contributed by atoms with Crippen molar-refractivity contribution in [2.24, 2.45) is 0 Å². The topological polar surface area (TPSA) is 29.5 Å². The number of fused-ring (bicyclic) bond motifs is 1. The molecule has 0 spiro atoms. The van der Waals surface area contributed by atoms with E-state index in [1.165, 1.54) is 5.56 Å². The van der Waals surface area contributed by atoms with Gasteiger partial charge in [0, 0.05) is 12.0 Å². The summed E-state index contributed by atoms with van der Waals surface area (Å²) in [7, 11) is 0. The smallest absolute Gasteiger partial charge is 0.123 e. The van der Waals surface area contributed by atoms with Crippen LogP contribution in [0.4, 0.5) is 0 Å². The van der Waals surface area contributed by atoms with Crippen LogP contribution in [0.2, 0.25) is 0 Å². The zero-order valence-corrected chi connectivity index (χ0v) is 7.08. The molecule has 0 saturated heterocycles. The Bertz CT molecular complexity index is 294. The predicted molar refractivity (Wildman–Crippen MR) is 46.2 cm³/mol. The van der Waals surface area contributed by atoms with Gasteiger partial charge in [-0.3, -0.25) is 0 Å². The van der Waals surface area contributed by atoms with E-state index in [1.807, 2.05) is 25.1 Å². The molecule has 0 fully saturated rings. The second-order valence-corrected chi connectivity index (χ2v) is 3.18. The van der Waals surface area contributed by atoms with Gasteiger partial charge < -0.3 is 9.84 Å². The largest absolute Gasteiger partial charge is 0.490 e. The first-order valence-electron chi connectivity index (χ1n) is 4.19. The molecule has 1 aromatic carbocycles. The summed E-state index contributed by atoms with van der Waals surface area (Å²) in [6.45, 7) is 2.15. The summed E-state index contributed by atoms with van der Waals surface area (Å²) in [4.78, 5) is 0. The number of hydrogen-bond acceptors (Lipinski definition) is 2. The molecule has 1 atom stereocenters. The second kappa shape index (κ2) is 2.79. The van der Waals surface area contributed by atoms with Gasteiger partial charge in [-0.25, -0.2) is 0 Å². The average molecular weight is 164 g/mol. The summed E-state index contributed by atoms with van der Waals surface area (Å²) in [6.07, 6.45) is 1.18. The predicted octanol–water partition coefficient (Wildman–Crippen LogP) is 1.50. The van der Waals surface area contributed by atoms with Gasteiger partial charge in [-0.15, -0.1) is 0 Å². The highest BCUT2D eigenvalue weighted by Gasteiger charge is 2.20. The molecule has 0 saturated carbocycles. The quantitative estimate of drug-likeness (QED) is 0.681. The van der Waals surface area contributed by atoms with Crippen LogP contribution in [0.25, 0.3) is 0 Å². The van der Waals surface area contributed by atoms with Crippen molar-refractivity contribution in [1.82, 2.24) is 0 Å². The molecule has 1 aliphatic heterocycles. The van der Waals surface area contributed by atoms with Crippen molar-refractivity contribution in [1.29, 1.82) is 0 Å². The van der Waals surface area contributed by atoms with Gasteiger partial charge in [0.25, 0.3) is 0 Å². The molecule has 1 heterocycles. The molecule has 0 aliphatic carbocycles. The molecule has 1 aliphatic rings. The summed E-state index contributed by atoms with van der Waals surface area (Å²) in [5.74, 6) is 0.939. The highest BCUT2D eigenvalue weighted by molar-refractivity contribution is 5.43. The molecule has 1 aromatic rings. The van der Waals surface area contributed by atoms with Gasteiger partial charge in [0.2, 0.25) is 0 Å². The van der Waals surface area contributed by atoms with Gasteiger partial charge in [-0.1, -0.05) is 12.1 Å². The third kappa shape index (κ3) is 1.08. The fourth-order valence-corrected chi connectivity index (χ4v) is 1.65. The zero-order valence-electron chi connectivity index (χ0n) is 7.08. The van der Waals surface area contributed by atoms with E-state index in [1.54, 1.807) is 0 Å². The lowest BCUT2D eigenvalue weighted by Gasteiger charge is -2.02. The van der Waals surface area contributed by atoms with Crippen molar-refractivity contribution >= 4 is 0 Å². The molecule has 0 aromatic heterocycles. The number of rotatable bonds is 1. The van der Waals surface area contributed by atoms with E-state index >= 15 is 0 Å². The molecule has 64 valence electrons. The second-order valence-electron chi connectivity index (χ2n) is 3.18. The Morgan fingerprint density at radius 1 is 1.58 bits per heavy atom. The first-order valence-corrected chi connectivity index (χ1v) is 4.19. The SMILES string of the molecule is CC1Cc2c(CO)cccc2O1. The standard InChI is InChI=1S/C10H12O2/c1-7-5-9-8(6-11)3-2-4-10(9)12-7/h2-4,7,11H,5-6H2,1H3. The first-order chi connectivity index (χ1) is 5.81. The van der Waals surface area contributed by atoms with Crippen molar-refractivity contribution < 1.29 is 9.84 Å². The molecule has 1 unspecified atom stereocenters. The van der Waals surface area contributed by atoms with Crippen molar-refractivity contribution in [2.75, 3.05) is 0 Å². The van der Waals surface area contributed by atoms with Crippen molar-refractivity contribution in [2.45, 2.75) is 26.1 Å². The minimum absolute atomic E-state index is 0.110. The average Bonchev–Trinajstić information content (AvgIpc) is 2.44. The Morgan fingerprint density at radius 3 is 3.17 bits per heavy atom. The van der Waals surface area contributed by atoms with Gasteiger partial charge >= 0.3 is 0 Å². The molecular weight excluding hydrogens is 152 g/mol. The maximum atomic E-state index is 9.03. The van der Waals surface area contributed by atoms with E-state index in [0.717, 1.165) is 17.7 Å². The lowest BCUT2D eigenvalue weighted by Crippen LogP contribution is -2.05. The van der Waals surface area contributed by atoms with Gasteiger partial charge in [-0.2, -0.15) is 0 Å². The Hall–Kier alpha value is -1.02. The number of aliphatic hydroxyl groups is 1. The van der Waals surface area contributed by atoms with Crippen LogP contribution in [-0.4, -0.2) is 11.2 Å². The van der Waals surface area contributed by atoms with E-state index in [4.69, 9.17) is 9.84 Å². The van der Waals surface area contributed by atoms with Crippen LogP contribution in [0.1, 0.15) is 18.1 Å². The third-order valence-electron chi connectivity index (χ3n) is 2.22. The van der Waals surface area contributed by atoms with Crippen molar-refractivity contribution in [3.63, 3.8) is 0 Å². The third-order valence-corrected chi connectivity index (χ3v) is 2.22. The highest BCUT2D eigenvalue weighted by atomic mass is 16.5. The van der Waals surface area contributed by atoms with Crippen LogP contribution in [-0.2, 0) is 13.0 Å². The molecule has 1 N–H and O–H groups in total. The molecule has 2 heteroatoms. The van der Waals surface area contributed by atoms with Crippen LogP contribution >= 0.6 is 0 Å². The van der Waals surface area contributed by atoms with Crippen LogP contribution in [0.5, 0.6) is 5.75 Å². The summed E-state index contributed by atoms with van der Waals surface area (Å²) in [6, 6.07) is 5.82. The number of aliphatic hydroxyl groups excluding tert-OH is 1. The lowest BCUT2D eigenvalue weighted by molar-refractivity contribution is 0.254. The van der Waals surface area contributed by atoms with Crippen LogP contribution in [0, 0.1) is 0 Å². The molecule has 12 heavy (non-hydrogen) atoms. The zero-order chi connectivity index (χ0) is 8.55. The monoisotopic (exact) mass is 164 g/mol. The summed E-state index contributed by atoms with van der Waals surface area (Å²) < 4.78 is 5.54. The number of hydrogen-bond donors (Lipinski definition) is 1. The molecule has 2 rings (SSSR count). The molecule has 2 nitrogen and oxygen atoms in total. The summed E-state index contributed by atoms with van der Waals surface area (Å²) >= 11 is 0. The lowest BCUT2D eigenvalue weighted by atomic mass is 10.0. The van der Waals surface area contributed by atoms with E-state index in [0.29, 0.717) is 0 Å². The Balaban J connectivity index is 2.44. The van der Waals surface area contributed by atoms with Gasteiger partial charge in [-0.05, 0) is 18.6 Å². The van der Waals surface area contributed by atoms with Crippen LogP contribution < -0.4 is 4.74 Å². The van der Waals surface area contributed by atoms with E-state index in [9.17, 15) is 0 Å². The summed E-state index contributed by atoms with van der Waals surface area (Å²) in [5, 5.41) is 9.03. The molecular formula is C10H12O2. The van der Waals surface area contributed by atoms with Crippen molar-refractivity contribution in [3.05, 3.63) is 29.3 Å². The van der Waals surface area contributed by atoms with Crippen LogP contribution in [0.3, 0.4) is 0 Å². The first kappa shape index (κ1) is 7.62. The molecule has 0 amide bonds. The van der Waals surface area contributed by atoms with E-state index < -0.39 is 0 Å². The van der Waals surface area contributed by atoms with Crippen molar-refractivity contribution in [3.8, 4) is 5.75 Å². The van der Waals surface area contributed by atoms with E-state index in [2.05, 4.69) is 0 Å². The summed E-state index contributed by atoms with van der Waals surface area (Å²) in [5.41, 5.74) is 2.17. The minimum Gasteiger partial charge on any atom is -0.490 e. The maximum Gasteiger partial charge on any atom is 0.123 e. The van der Waals surface area contributed by atoms with Gasteiger partial charge in [0.15, 0.2) is 0 Å². The normalized spacial score (nSPS) is 20.3. The van der Waals surface area contributed by atoms with E-state index in [-0.39, 0.29) is 12.7 Å². The molecule has 0 bridgehead atoms.